The lowest BCUT2D eigenvalue weighted by Crippen LogP contribution is -2.42. The van der Waals surface area contributed by atoms with Gasteiger partial charge in [0.2, 0.25) is 11.8 Å². The molecule has 0 aromatic heterocycles. The van der Waals surface area contributed by atoms with Gasteiger partial charge in [-0.2, -0.15) is 0 Å². The molecule has 2 atom stereocenters. The standard InChI is InChI=1S/C18H22ClN3O2/c19-15-4-3-12-10-22(11-14(12)7-15)17(23)13-8-16(20-9-13)18(24)21-5-1-2-6-21/h3-4,7,13,16,20H,1-2,5-6,8-11H2/t13-,16-/m0/s1. The molecule has 3 aliphatic heterocycles. The summed E-state index contributed by atoms with van der Waals surface area (Å²) in [5.74, 6) is 0.206. The predicted octanol–water partition coefficient (Wildman–Crippen LogP) is 1.78. The van der Waals surface area contributed by atoms with Crippen LogP contribution >= 0.6 is 11.6 Å². The van der Waals surface area contributed by atoms with Crippen molar-refractivity contribution in [1.29, 1.82) is 0 Å². The second-order valence-corrected chi connectivity index (χ2v) is 7.47. The fourth-order valence-electron chi connectivity index (χ4n) is 4.05. The van der Waals surface area contributed by atoms with Crippen molar-refractivity contribution in [2.24, 2.45) is 5.92 Å². The van der Waals surface area contributed by atoms with Crippen molar-refractivity contribution in [2.45, 2.75) is 38.4 Å². The smallest absolute Gasteiger partial charge is 0.239 e. The van der Waals surface area contributed by atoms with Gasteiger partial charge in [0.1, 0.15) is 0 Å². The molecule has 0 spiro atoms. The molecule has 0 aliphatic carbocycles. The van der Waals surface area contributed by atoms with Gasteiger partial charge in [0.05, 0.1) is 12.0 Å². The molecule has 24 heavy (non-hydrogen) atoms. The van der Waals surface area contributed by atoms with E-state index >= 15 is 0 Å². The lowest BCUT2D eigenvalue weighted by atomic mass is 10.0. The number of amides is 2. The molecule has 2 saturated heterocycles. The molecular weight excluding hydrogens is 326 g/mol. The molecule has 0 radical (unpaired) electrons. The van der Waals surface area contributed by atoms with E-state index in [-0.39, 0.29) is 23.8 Å². The average Bonchev–Trinajstić information content (AvgIpc) is 3.31. The van der Waals surface area contributed by atoms with Crippen molar-refractivity contribution < 1.29 is 9.59 Å². The molecule has 2 fully saturated rings. The molecule has 3 heterocycles. The summed E-state index contributed by atoms with van der Waals surface area (Å²) in [6.07, 6.45) is 2.80. The summed E-state index contributed by atoms with van der Waals surface area (Å²) in [5.41, 5.74) is 2.30. The lowest BCUT2D eigenvalue weighted by molar-refractivity contribution is -0.135. The topological polar surface area (TPSA) is 52.7 Å². The Balaban J connectivity index is 1.37. The molecule has 0 saturated carbocycles. The number of hydrogen-bond acceptors (Lipinski definition) is 3. The van der Waals surface area contributed by atoms with E-state index in [1.807, 2.05) is 28.0 Å². The molecule has 0 bridgehead atoms. The van der Waals surface area contributed by atoms with Crippen LogP contribution in [0.15, 0.2) is 18.2 Å². The van der Waals surface area contributed by atoms with Crippen molar-refractivity contribution in [1.82, 2.24) is 15.1 Å². The zero-order valence-corrected chi connectivity index (χ0v) is 14.4. The molecule has 2 amide bonds. The Labute approximate surface area is 146 Å². The molecule has 6 heteroatoms. The molecule has 5 nitrogen and oxygen atoms in total. The van der Waals surface area contributed by atoms with Crippen molar-refractivity contribution >= 4 is 23.4 Å². The van der Waals surface area contributed by atoms with Gasteiger partial charge >= 0.3 is 0 Å². The minimum Gasteiger partial charge on any atom is -0.341 e. The largest absolute Gasteiger partial charge is 0.341 e. The number of carbonyl (C=O) groups excluding carboxylic acids is 2. The Kier molecular flexibility index (Phi) is 4.22. The Morgan fingerprint density at radius 3 is 2.58 bits per heavy atom. The van der Waals surface area contributed by atoms with Crippen molar-refractivity contribution in [2.75, 3.05) is 19.6 Å². The summed E-state index contributed by atoms with van der Waals surface area (Å²) in [6.45, 7) is 3.58. The maximum atomic E-state index is 12.8. The van der Waals surface area contributed by atoms with Crippen LogP contribution in [0, 0.1) is 5.92 Å². The number of benzene rings is 1. The molecule has 3 aliphatic rings. The van der Waals surface area contributed by atoms with Crippen molar-refractivity contribution in [3.8, 4) is 0 Å². The Morgan fingerprint density at radius 1 is 1.04 bits per heavy atom. The number of nitrogens with one attached hydrogen (secondary N) is 1. The highest BCUT2D eigenvalue weighted by Crippen LogP contribution is 2.29. The fraction of sp³-hybridized carbons (Fsp3) is 0.556. The summed E-state index contributed by atoms with van der Waals surface area (Å²) >= 11 is 6.04. The number of carbonyl (C=O) groups is 2. The predicted molar refractivity (Wildman–Crippen MR) is 91.4 cm³/mol. The number of rotatable bonds is 2. The van der Waals surface area contributed by atoms with Crippen molar-refractivity contribution in [3.63, 3.8) is 0 Å². The first-order valence-corrected chi connectivity index (χ1v) is 9.08. The second-order valence-electron chi connectivity index (χ2n) is 7.03. The van der Waals surface area contributed by atoms with Gasteiger partial charge in [0.25, 0.3) is 0 Å². The maximum absolute atomic E-state index is 12.8. The third-order valence-corrected chi connectivity index (χ3v) is 5.63. The van der Waals surface area contributed by atoms with Gasteiger partial charge < -0.3 is 15.1 Å². The van der Waals surface area contributed by atoms with Crippen LogP contribution in [0.5, 0.6) is 0 Å². The third-order valence-electron chi connectivity index (χ3n) is 5.40. The van der Waals surface area contributed by atoms with E-state index in [1.165, 1.54) is 5.56 Å². The number of hydrogen-bond donors (Lipinski definition) is 1. The Morgan fingerprint density at radius 2 is 1.79 bits per heavy atom. The first kappa shape index (κ1) is 15.9. The van der Waals surface area contributed by atoms with Crippen LogP contribution in [0.3, 0.4) is 0 Å². The highest BCUT2D eigenvalue weighted by Gasteiger charge is 2.38. The van der Waals surface area contributed by atoms with E-state index in [4.69, 9.17) is 11.6 Å². The molecule has 1 aromatic rings. The second kappa shape index (κ2) is 6.37. The molecule has 1 aromatic carbocycles. The summed E-state index contributed by atoms with van der Waals surface area (Å²) in [7, 11) is 0. The first-order chi connectivity index (χ1) is 11.6. The molecule has 1 N–H and O–H groups in total. The average molecular weight is 348 g/mol. The van der Waals surface area contributed by atoms with E-state index in [1.54, 1.807) is 0 Å². The fourth-order valence-corrected chi connectivity index (χ4v) is 4.24. The van der Waals surface area contributed by atoms with Gasteiger partial charge in [-0.1, -0.05) is 17.7 Å². The summed E-state index contributed by atoms with van der Waals surface area (Å²) in [4.78, 5) is 29.1. The minimum atomic E-state index is -0.198. The van der Waals surface area contributed by atoms with Crippen LogP contribution in [0.4, 0.5) is 0 Å². The molecule has 0 unspecified atom stereocenters. The summed E-state index contributed by atoms with van der Waals surface area (Å²) in [5, 5.41) is 3.97. The van der Waals surface area contributed by atoms with Gasteiger partial charge in [-0.15, -0.1) is 0 Å². The summed E-state index contributed by atoms with van der Waals surface area (Å²) < 4.78 is 0. The van der Waals surface area contributed by atoms with E-state index in [2.05, 4.69) is 5.32 Å². The van der Waals surface area contributed by atoms with Crippen LogP contribution < -0.4 is 5.32 Å². The van der Waals surface area contributed by atoms with Gasteiger partial charge in [0.15, 0.2) is 0 Å². The number of halogens is 1. The van der Waals surface area contributed by atoms with E-state index < -0.39 is 0 Å². The number of fused-ring (bicyclic) bond motifs is 1. The maximum Gasteiger partial charge on any atom is 0.239 e. The monoisotopic (exact) mass is 347 g/mol. The van der Waals surface area contributed by atoms with Crippen LogP contribution in [0.25, 0.3) is 0 Å². The molecule has 4 rings (SSSR count). The van der Waals surface area contributed by atoms with Gasteiger partial charge in [-0.3, -0.25) is 9.59 Å². The quantitative estimate of drug-likeness (QED) is 0.887. The lowest BCUT2D eigenvalue weighted by Gasteiger charge is -2.21. The van der Waals surface area contributed by atoms with Crippen LogP contribution in [0.2, 0.25) is 5.02 Å². The van der Waals surface area contributed by atoms with Gasteiger partial charge in [-0.25, -0.2) is 0 Å². The summed E-state index contributed by atoms with van der Waals surface area (Å²) in [6, 6.07) is 5.61. The number of nitrogens with zero attached hydrogens (tertiary/aromatic N) is 2. The van der Waals surface area contributed by atoms with Crippen molar-refractivity contribution in [3.05, 3.63) is 34.3 Å². The van der Waals surface area contributed by atoms with Crippen LogP contribution in [-0.2, 0) is 22.7 Å². The third kappa shape index (κ3) is 2.91. The molecule has 128 valence electrons. The zero-order chi connectivity index (χ0) is 16.7. The SMILES string of the molecule is O=C([C@@H]1CN[C@H](C(=O)N2CCCC2)C1)N1Cc2ccc(Cl)cc2C1. The minimum absolute atomic E-state index is 0.105. The van der Waals surface area contributed by atoms with Crippen LogP contribution in [0.1, 0.15) is 30.4 Å². The highest BCUT2D eigenvalue weighted by molar-refractivity contribution is 6.30. The van der Waals surface area contributed by atoms with E-state index in [0.717, 1.165) is 31.5 Å². The highest BCUT2D eigenvalue weighted by atomic mass is 35.5. The van der Waals surface area contributed by atoms with E-state index in [9.17, 15) is 9.59 Å². The first-order valence-electron chi connectivity index (χ1n) is 8.70. The van der Waals surface area contributed by atoms with E-state index in [0.29, 0.717) is 31.1 Å². The Bertz CT molecular complexity index is 672. The van der Waals surface area contributed by atoms with Crippen LogP contribution in [-0.4, -0.2) is 47.3 Å². The Hall–Kier alpha value is -1.59. The normalized spacial score (nSPS) is 26.0. The zero-order valence-electron chi connectivity index (χ0n) is 13.6. The molecular formula is C18H22ClN3O2. The number of likely N-dealkylation sites (tertiary alicyclic amines) is 1. The van der Waals surface area contributed by atoms with Gasteiger partial charge in [-0.05, 0) is 42.5 Å². The van der Waals surface area contributed by atoms with Gasteiger partial charge in [0, 0.05) is 37.7 Å².